The van der Waals surface area contributed by atoms with Gasteiger partial charge in [-0.25, -0.2) is 4.79 Å². The van der Waals surface area contributed by atoms with Crippen LogP contribution in [0.4, 0.5) is 10.5 Å². The van der Waals surface area contributed by atoms with Gasteiger partial charge in [0.25, 0.3) is 0 Å². The summed E-state index contributed by atoms with van der Waals surface area (Å²) >= 11 is 0. The van der Waals surface area contributed by atoms with Crippen molar-refractivity contribution >= 4 is 17.7 Å². The fraction of sp³-hybridized carbons (Fsp3) is 0.500. The van der Waals surface area contributed by atoms with Crippen molar-refractivity contribution in [2.75, 3.05) is 18.4 Å². The van der Waals surface area contributed by atoms with Gasteiger partial charge in [-0.05, 0) is 49.8 Å². The van der Waals surface area contributed by atoms with Crippen molar-refractivity contribution in [3.63, 3.8) is 0 Å². The first kappa shape index (κ1) is 17.2. The number of hydrogen-bond acceptors (Lipinski definition) is 4. The Morgan fingerprint density at radius 3 is 2.72 bits per heavy atom. The molecule has 0 aliphatic heterocycles. The topological polar surface area (TPSA) is 105 Å². The van der Waals surface area contributed by atoms with E-state index in [-0.39, 0.29) is 24.7 Å². The molecule has 0 bridgehead atoms. The Hall–Kier alpha value is -2.59. The molecule has 2 aliphatic rings. The molecule has 2 amide bonds. The molecule has 1 aromatic carbocycles. The molecule has 0 heterocycles. The van der Waals surface area contributed by atoms with E-state index in [0.717, 1.165) is 19.4 Å². The smallest absolute Gasteiger partial charge is 0.319 e. The molecule has 2 aliphatic carbocycles. The molecule has 0 unspecified atom stereocenters. The number of nitrogens with one attached hydrogen (secondary N) is 2. The molecule has 0 aromatic heterocycles. The molecule has 3 rings (SSSR count). The molecule has 0 spiro atoms. The van der Waals surface area contributed by atoms with Gasteiger partial charge in [0.05, 0.1) is 18.2 Å². The van der Waals surface area contributed by atoms with Crippen molar-refractivity contribution in [1.82, 2.24) is 10.2 Å². The van der Waals surface area contributed by atoms with Crippen LogP contribution in [0.3, 0.4) is 0 Å². The average molecular weight is 342 g/mol. The van der Waals surface area contributed by atoms with Crippen molar-refractivity contribution < 1.29 is 14.7 Å². The monoisotopic (exact) mass is 342 g/mol. The lowest BCUT2D eigenvalue weighted by molar-refractivity contribution is -0.139. The molecular weight excluding hydrogens is 320 g/mol. The Balaban J connectivity index is 1.44. The Morgan fingerprint density at radius 2 is 2.08 bits per heavy atom. The van der Waals surface area contributed by atoms with Crippen LogP contribution >= 0.6 is 0 Å². The Bertz CT molecular complexity index is 690. The molecule has 1 aromatic rings. The van der Waals surface area contributed by atoms with E-state index in [4.69, 9.17) is 10.4 Å². The van der Waals surface area contributed by atoms with Gasteiger partial charge in [-0.1, -0.05) is 6.07 Å². The van der Waals surface area contributed by atoms with E-state index in [0.29, 0.717) is 17.2 Å². The highest BCUT2D eigenvalue weighted by Gasteiger charge is 2.37. The number of nitrogens with zero attached hydrogens (tertiary/aromatic N) is 2. The molecule has 132 valence electrons. The van der Waals surface area contributed by atoms with E-state index in [1.807, 2.05) is 11.0 Å². The number of carboxylic acids is 1. The fourth-order valence-electron chi connectivity index (χ4n) is 3.17. The van der Waals surface area contributed by atoms with Crippen LogP contribution in [0.25, 0.3) is 0 Å². The van der Waals surface area contributed by atoms with E-state index in [1.54, 1.807) is 24.3 Å². The lowest BCUT2D eigenvalue weighted by atomic mass is 9.85. The first-order valence-corrected chi connectivity index (χ1v) is 8.57. The summed E-state index contributed by atoms with van der Waals surface area (Å²) in [5.74, 6) is -0.158. The third-order valence-electron chi connectivity index (χ3n) is 4.74. The average Bonchev–Trinajstić information content (AvgIpc) is 3.33. The number of anilines is 1. The minimum Gasteiger partial charge on any atom is -0.480 e. The molecule has 0 atom stereocenters. The molecule has 2 fully saturated rings. The number of benzene rings is 1. The van der Waals surface area contributed by atoms with Crippen molar-refractivity contribution in [2.45, 2.75) is 37.8 Å². The van der Waals surface area contributed by atoms with Gasteiger partial charge in [0.15, 0.2) is 0 Å². The molecule has 7 nitrogen and oxygen atoms in total. The minimum atomic E-state index is -0.799. The lowest BCUT2D eigenvalue weighted by Crippen LogP contribution is -2.55. The third-order valence-corrected chi connectivity index (χ3v) is 4.74. The van der Waals surface area contributed by atoms with Crippen molar-refractivity contribution in [3.8, 4) is 6.07 Å². The second-order valence-electron chi connectivity index (χ2n) is 6.88. The van der Waals surface area contributed by atoms with Crippen molar-refractivity contribution in [2.24, 2.45) is 5.92 Å². The zero-order chi connectivity index (χ0) is 17.8. The number of aliphatic carboxylic acids is 1. The Morgan fingerprint density at radius 1 is 1.32 bits per heavy atom. The van der Waals surface area contributed by atoms with Gasteiger partial charge < -0.3 is 15.7 Å². The number of rotatable bonds is 7. The summed E-state index contributed by atoms with van der Waals surface area (Å²) < 4.78 is 0. The standard InChI is InChI=1S/C18H22N4O3/c19-9-13-2-1-3-14(6-13)20-18(25)21-15-7-16(8-15)22(11-17(23)24)10-12-4-5-12/h1-3,6,12,15-16H,4-5,7-8,10-11H2,(H,23,24)(H2,20,21,25). The van der Waals surface area contributed by atoms with Crippen molar-refractivity contribution in [1.29, 1.82) is 5.26 Å². The second-order valence-corrected chi connectivity index (χ2v) is 6.88. The number of urea groups is 1. The summed E-state index contributed by atoms with van der Waals surface area (Å²) in [5.41, 5.74) is 1.07. The zero-order valence-corrected chi connectivity index (χ0v) is 13.9. The Labute approximate surface area is 146 Å². The van der Waals surface area contributed by atoms with Crippen molar-refractivity contribution in [3.05, 3.63) is 29.8 Å². The van der Waals surface area contributed by atoms with Gasteiger partial charge in [0.1, 0.15) is 0 Å². The van der Waals surface area contributed by atoms with Gasteiger partial charge in [-0.2, -0.15) is 5.26 Å². The van der Waals surface area contributed by atoms with Crippen LogP contribution in [0.2, 0.25) is 0 Å². The highest BCUT2D eigenvalue weighted by molar-refractivity contribution is 5.89. The fourth-order valence-corrected chi connectivity index (χ4v) is 3.17. The van der Waals surface area contributed by atoms with Crippen LogP contribution in [0.5, 0.6) is 0 Å². The predicted molar refractivity (Wildman–Crippen MR) is 92.1 cm³/mol. The number of carbonyl (C=O) groups is 2. The molecular formula is C18H22N4O3. The lowest BCUT2D eigenvalue weighted by Gasteiger charge is -2.42. The Kier molecular flexibility index (Phi) is 5.19. The maximum absolute atomic E-state index is 12.0. The van der Waals surface area contributed by atoms with Crippen LogP contribution in [0.15, 0.2) is 24.3 Å². The highest BCUT2D eigenvalue weighted by Crippen LogP contribution is 2.33. The van der Waals surface area contributed by atoms with Crippen LogP contribution in [0.1, 0.15) is 31.2 Å². The van der Waals surface area contributed by atoms with E-state index < -0.39 is 5.97 Å². The van der Waals surface area contributed by atoms with Gasteiger partial charge in [0, 0.05) is 24.3 Å². The zero-order valence-electron chi connectivity index (χ0n) is 13.9. The van der Waals surface area contributed by atoms with E-state index in [1.165, 1.54) is 12.8 Å². The summed E-state index contributed by atoms with van der Waals surface area (Å²) in [5, 5.41) is 23.6. The second kappa shape index (κ2) is 7.53. The SMILES string of the molecule is N#Cc1cccc(NC(=O)NC2CC(N(CC(=O)O)CC3CC3)C2)c1. The molecule has 0 radical (unpaired) electrons. The molecule has 3 N–H and O–H groups in total. The molecule has 7 heteroatoms. The first-order valence-electron chi connectivity index (χ1n) is 8.57. The summed E-state index contributed by atoms with van der Waals surface area (Å²) in [6.07, 6.45) is 3.92. The van der Waals surface area contributed by atoms with E-state index >= 15 is 0 Å². The third kappa shape index (κ3) is 4.94. The molecule has 0 saturated heterocycles. The maximum atomic E-state index is 12.0. The number of hydrogen-bond donors (Lipinski definition) is 3. The van der Waals surface area contributed by atoms with Crippen LogP contribution in [-0.2, 0) is 4.79 Å². The van der Waals surface area contributed by atoms with Crippen LogP contribution < -0.4 is 10.6 Å². The van der Waals surface area contributed by atoms with Gasteiger partial charge >= 0.3 is 12.0 Å². The molecule has 25 heavy (non-hydrogen) atoms. The number of carbonyl (C=O) groups excluding carboxylic acids is 1. The summed E-state index contributed by atoms with van der Waals surface area (Å²) in [6, 6.07) is 8.76. The summed E-state index contributed by atoms with van der Waals surface area (Å²) in [7, 11) is 0. The largest absolute Gasteiger partial charge is 0.480 e. The highest BCUT2D eigenvalue weighted by atomic mass is 16.4. The number of nitriles is 1. The minimum absolute atomic E-state index is 0.0552. The van der Waals surface area contributed by atoms with Crippen LogP contribution in [-0.4, -0.2) is 47.2 Å². The molecule has 2 saturated carbocycles. The number of carboxylic acid groups (broad SMARTS) is 1. The van der Waals surface area contributed by atoms with Crippen LogP contribution in [0, 0.1) is 17.2 Å². The first-order chi connectivity index (χ1) is 12.0. The predicted octanol–water partition coefficient (Wildman–Crippen LogP) is 2.01. The van der Waals surface area contributed by atoms with E-state index in [9.17, 15) is 9.59 Å². The quantitative estimate of drug-likeness (QED) is 0.703. The normalized spacial score (nSPS) is 21.9. The van der Waals surface area contributed by atoms with Gasteiger partial charge in [-0.15, -0.1) is 0 Å². The van der Waals surface area contributed by atoms with Gasteiger partial charge in [-0.3, -0.25) is 9.69 Å². The maximum Gasteiger partial charge on any atom is 0.319 e. The number of amides is 2. The summed E-state index contributed by atoms with van der Waals surface area (Å²) in [4.78, 5) is 25.1. The van der Waals surface area contributed by atoms with E-state index in [2.05, 4.69) is 10.6 Å². The van der Waals surface area contributed by atoms with Gasteiger partial charge in [0.2, 0.25) is 0 Å². The summed E-state index contributed by atoms with van der Waals surface area (Å²) in [6.45, 7) is 0.915.